The highest BCUT2D eigenvalue weighted by atomic mass is 32.2. The lowest BCUT2D eigenvalue weighted by molar-refractivity contribution is 0.493. The van der Waals surface area contributed by atoms with Gasteiger partial charge in [0.2, 0.25) is 0 Å². The molecule has 1 N–H and O–H groups in total. The van der Waals surface area contributed by atoms with Crippen molar-refractivity contribution in [1.29, 1.82) is 0 Å². The standard InChI is InChI=1S/C10H13NO3S/c1-3-7-11-9-5-4-6-10(8-9)14-15(2,12)13/h3-6,8,11H,1,7H2,2H3. The maximum absolute atomic E-state index is 10.9. The van der Waals surface area contributed by atoms with Crippen molar-refractivity contribution in [3.63, 3.8) is 0 Å². The predicted molar refractivity (Wildman–Crippen MR) is 60.6 cm³/mol. The molecule has 0 heterocycles. The van der Waals surface area contributed by atoms with Crippen molar-refractivity contribution in [2.75, 3.05) is 18.1 Å². The molecule has 0 fully saturated rings. The summed E-state index contributed by atoms with van der Waals surface area (Å²) < 4.78 is 26.5. The molecule has 4 nitrogen and oxygen atoms in total. The van der Waals surface area contributed by atoms with Gasteiger partial charge in [0.25, 0.3) is 0 Å². The van der Waals surface area contributed by atoms with Crippen molar-refractivity contribution in [3.05, 3.63) is 36.9 Å². The third-order valence-corrected chi connectivity index (χ3v) is 2.03. The number of anilines is 1. The summed E-state index contributed by atoms with van der Waals surface area (Å²) in [6.45, 7) is 4.18. The van der Waals surface area contributed by atoms with Crippen LogP contribution in [-0.4, -0.2) is 21.2 Å². The van der Waals surface area contributed by atoms with E-state index < -0.39 is 10.1 Å². The first kappa shape index (κ1) is 11.6. The van der Waals surface area contributed by atoms with Crippen LogP contribution in [0.2, 0.25) is 0 Å². The molecule has 1 aromatic carbocycles. The van der Waals surface area contributed by atoms with Gasteiger partial charge in [-0.2, -0.15) is 8.42 Å². The molecule has 82 valence electrons. The molecule has 5 heteroatoms. The molecule has 0 unspecified atom stereocenters. The molecular weight excluding hydrogens is 214 g/mol. The average molecular weight is 227 g/mol. The van der Waals surface area contributed by atoms with Gasteiger partial charge in [-0.3, -0.25) is 0 Å². The van der Waals surface area contributed by atoms with Crippen molar-refractivity contribution in [2.45, 2.75) is 0 Å². The van der Waals surface area contributed by atoms with Crippen LogP contribution in [0.4, 0.5) is 5.69 Å². The van der Waals surface area contributed by atoms with Gasteiger partial charge in [0, 0.05) is 18.3 Å². The van der Waals surface area contributed by atoms with Crippen molar-refractivity contribution < 1.29 is 12.6 Å². The Labute approximate surface area is 89.7 Å². The maximum Gasteiger partial charge on any atom is 0.306 e. The highest BCUT2D eigenvalue weighted by Crippen LogP contribution is 2.18. The second kappa shape index (κ2) is 4.84. The number of hydrogen-bond acceptors (Lipinski definition) is 4. The Bertz CT molecular complexity index is 440. The van der Waals surface area contributed by atoms with E-state index in [1.807, 2.05) is 6.07 Å². The summed E-state index contributed by atoms with van der Waals surface area (Å²) in [7, 11) is -3.46. The molecule has 1 aromatic rings. The second-order valence-corrected chi connectivity index (χ2v) is 4.56. The molecule has 0 radical (unpaired) electrons. The molecule has 0 amide bonds. The van der Waals surface area contributed by atoms with Gasteiger partial charge in [-0.25, -0.2) is 0 Å². The fourth-order valence-corrected chi connectivity index (χ4v) is 1.48. The Morgan fingerprint density at radius 1 is 1.53 bits per heavy atom. The topological polar surface area (TPSA) is 55.4 Å². The van der Waals surface area contributed by atoms with Gasteiger partial charge in [-0.15, -0.1) is 6.58 Å². The molecule has 0 bridgehead atoms. The Kier molecular flexibility index (Phi) is 3.74. The first-order valence-electron chi connectivity index (χ1n) is 4.35. The summed E-state index contributed by atoms with van der Waals surface area (Å²) in [6, 6.07) is 6.73. The van der Waals surface area contributed by atoms with Gasteiger partial charge in [0.15, 0.2) is 0 Å². The van der Waals surface area contributed by atoms with E-state index in [0.29, 0.717) is 12.3 Å². The maximum atomic E-state index is 10.9. The van der Waals surface area contributed by atoms with Crippen LogP contribution in [0, 0.1) is 0 Å². The van der Waals surface area contributed by atoms with Crippen LogP contribution < -0.4 is 9.50 Å². The fraction of sp³-hybridized carbons (Fsp3) is 0.200. The zero-order valence-corrected chi connectivity index (χ0v) is 9.25. The average Bonchev–Trinajstić information content (AvgIpc) is 2.12. The summed E-state index contributed by atoms with van der Waals surface area (Å²) >= 11 is 0. The molecule has 0 spiro atoms. The van der Waals surface area contributed by atoms with E-state index in [9.17, 15) is 8.42 Å². The number of benzene rings is 1. The molecule has 0 saturated carbocycles. The van der Waals surface area contributed by atoms with Crippen LogP contribution in [0.15, 0.2) is 36.9 Å². The van der Waals surface area contributed by atoms with Gasteiger partial charge < -0.3 is 9.50 Å². The minimum absolute atomic E-state index is 0.298. The molecule has 0 aliphatic carbocycles. The van der Waals surface area contributed by atoms with Crippen LogP contribution in [-0.2, 0) is 10.1 Å². The SMILES string of the molecule is C=CCNc1cccc(OS(C)(=O)=O)c1. The van der Waals surface area contributed by atoms with Gasteiger partial charge in [-0.1, -0.05) is 12.1 Å². The summed E-state index contributed by atoms with van der Waals surface area (Å²) in [5, 5.41) is 3.03. The Morgan fingerprint density at radius 2 is 2.27 bits per heavy atom. The van der Waals surface area contributed by atoms with Crippen LogP contribution in [0.25, 0.3) is 0 Å². The lowest BCUT2D eigenvalue weighted by Gasteiger charge is -2.06. The zero-order valence-electron chi connectivity index (χ0n) is 8.43. The normalized spacial score (nSPS) is 10.7. The van der Waals surface area contributed by atoms with Crippen LogP contribution in [0.1, 0.15) is 0 Å². The minimum atomic E-state index is -3.46. The van der Waals surface area contributed by atoms with E-state index >= 15 is 0 Å². The third kappa shape index (κ3) is 4.51. The molecule has 0 atom stereocenters. The van der Waals surface area contributed by atoms with Crippen molar-refractivity contribution in [3.8, 4) is 5.75 Å². The van der Waals surface area contributed by atoms with Crippen molar-refractivity contribution in [2.24, 2.45) is 0 Å². The lowest BCUT2D eigenvalue weighted by atomic mass is 10.3. The van der Waals surface area contributed by atoms with Crippen LogP contribution >= 0.6 is 0 Å². The van der Waals surface area contributed by atoms with Gasteiger partial charge in [0.05, 0.1) is 6.26 Å². The molecule has 1 rings (SSSR count). The molecular formula is C10H13NO3S. The molecule has 0 saturated heterocycles. The van der Waals surface area contributed by atoms with E-state index in [2.05, 4.69) is 11.9 Å². The summed E-state index contributed by atoms with van der Waals surface area (Å²) in [6.07, 6.45) is 2.72. The largest absolute Gasteiger partial charge is 0.383 e. The zero-order chi connectivity index (χ0) is 11.3. The molecule has 0 aliphatic rings. The number of hydrogen-bond donors (Lipinski definition) is 1. The van der Waals surface area contributed by atoms with Crippen molar-refractivity contribution in [1.82, 2.24) is 0 Å². The third-order valence-electron chi connectivity index (χ3n) is 1.53. The Morgan fingerprint density at radius 3 is 2.87 bits per heavy atom. The smallest absolute Gasteiger partial charge is 0.306 e. The number of rotatable bonds is 5. The van der Waals surface area contributed by atoms with E-state index in [4.69, 9.17) is 4.18 Å². The van der Waals surface area contributed by atoms with E-state index in [1.54, 1.807) is 24.3 Å². The molecule has 0 aliphatic heterocycles. The highest BCUT2D eigenvalue weighted by Gasteiger charge is 2.04. The van der Waals surface area contributed by atoms with E-state index in [-0.39, 0.29) is 0 Å². The highest BCUT2D eigenvalue weighted by molar-refractivity contribution is 7.86. The fourth-order valence-electron chi connectivity index (χ4n) is 1.02. The first-order valence-corrected chi connectivity index (χ1v) is 6.17. The summed E-state index contributed by atoms with van der Waals surface area (Å²) in [5.41, 5.74) is 0.788. The first-order chi connectivity index (χ1) is 7.01. The Hall–Kier alpha value is -1.49. The van der Waals surface area contributed by atoms with Gasteiger partial charge in [0.1, 0.15) is 5.75 Å². The molecule has 0 aromatic heterocycles. The van der Waals surface area contributed by atoms with Crippen LogP contribution in [0.5, 0.6) is 5.75 Å². The predicted octanol–water partition coefficient (Wildman–Crippen LogP) is 1.62. The monoisotopic (exact) mass is 227 g/mol. The Balaban J connectivity index is 2.78. The summed E-state index contributed by atoms with van der Waals surface area (Å²) in [5.74, 6) is 0.298. The van der Waals surface area contributed by atoms with Crippen LogP contribution in [0.3, 0.4) is 0 Å². The minimum Gasteiger partial charge on any atom is -0.383 e. The van der Waals surface area contributed by atoms with Gasteiger partial charge >= 0.3 is 10.1 Å². The van der Waals surface area contributed by atoms with E-state index in [1.165, 1.54) is 0 Å². The van der Waals surface area contributed by atoms with Gasteiger partial charge in [-0.05, 0) is 12.1 Å². The second-order valence-electron chi connectivity index (χ2n) is 2.98. The summed E-state index contributed by atoms with van der Waals surface area (Å²) in [4.78, 5) is 0. The lowest BCUT2D eigenvalue weighted by Crippen LogP contribution is -2.06. The van der Waals surface area contributed by atoms with Crippen molar-refractivity contribution >= 4 is 15.8 Å². The molecule has 15 heavy (non-hydrogen) atoms. The quantitative estimate of drug-likeness (QED) is 0.613. The number of nitrogens with one attached hydrogen (secondary N) is 1. The van der Waals surface area contributed by atoms with E-state index in [0.717, 1.165) is 11.9 Å².